The fourth-order valence-corrected chi connectivity index (χ4v) is 3.22. The van der Waals surface area contributed by atoms with Gasteiger partial charge >= 0.3 is 0 Å². The average Bonchev–Trinajstić information content (AvgIpc) is 2.62. The van der Waals surface area contributed by atoms with E-state index in [4.69, 9.17) is 4.74 Å². The zero-order valence-corrected chi connectivity index (χ0v) is 19.6. The topological polar surface area (TPSA) is 9.23 Å². The van der Waals surface area contributed by atoms with Crippen LogP contribution < -0.4 is 10.0 Å². The van der Waals surface area contributed by atoms with Gasteiger partial charge in [-0.25, -0.2) is 0 Å². The Morgan fingerprint density at radius 2 is 1.85 bits per heavy atom. The Bertz CT molecular complexity index is 850. The van der Waals surface area contributed by atoms with Crippen LogP contribution in [0.3, 0.4) is 0 Å². The Balaban J connectivity index is 0.00000364. The van der Waals surface area contributed by atoms with Crippen LogP contribution in [0.2, 0.25) is 0 Å². The standard InChI is InChI=1S/C24H29OP.BrH/c1-6-15-25-23-16-18(3)22(19(4)20(23)5)14-12-17(2)11-13-21-9-7-8-10-24(21)26;/h6-12,14,16H,1,13,15,26H2,2-5H3;1H. The summed E-state index contributed by atoms with van der Waals surface area (Å²) in [7, 11) is 2.81. The predicted octanol–water partition coefficient (Wildman–Crippen LogP) is 6.46. The molecule has 1 nitrogen and oxygen atoms in total. The maximum Gasteiger partial charge on any atom is 0.123 e. The molecule has 0 N–H and O–H groups in total. The molecular formula is C24H30BrOP. The molecule has 0 saturated carbocycles. The lowest BCUT2D eigenvalue weighted by molar-refractivity contribution is 0.360. The monoisotopic (exact) mass is 444 g/mol. The summed E-state index contributed by atoms with van der Waals surface area (Å²) in [5.74, 6) is 0.946. The molecule has 1 unspecified atom stereocenters. The van der Waals surface area contributed by atoms with E-state index in [0.717, 1.165) is 12.2 Å². The van der Waals surface area contributed by atoms with Gasteiger partial charge in [-0.1, -0.05) is 60.7 Å². The normalized spacial score (nSPS) is 11.4. The van der Waals surface area contributed by atoms with Crippen molar-refractivity contribution in [2.45, 2.75) is 34.1 Å². The van der Waals surface area contributed by atoms with E-state index in [1.165, 1.54) is 38.7 Å². The van der Waals surface area contributed by atoms with E-state index >= 15 is 0 Å². The molecule has 0 heterocycles. The first kappa shape index (κ1) is 23.4. The Kier molecular flexibility index (Phi) is 9.77. The third-order valence-electron chi connectivity index (χ3n) is 4.68. The molecule has 2 aromatic rings. The minimum atomic E-state index is 0. The van der Waals surface area contributed by atoms with E-state index in [-0.39, 0.29) is 17.0 Å². The van der Waals surface area contributed by atoms with E-state index in [0.29, 0.717) is 6.61 Å². The van der Waals surface area contributed by atoms with Crippen LogP contribution in [0, 0.1) is 20.8 Å². The van der Waals surface area contributed by atoms with E-state index in [2.05, 4.69) is 92.1 Å². The molecule has 1 atom stereocenters. The number of allylic oxidation sites excluding steroid dienone is 3. The van der Waals surface area contributed by atoms with Gasteiger partial charge in [-0.15, -0.1) is 26.2 Å². The second-order valence-electron chi connectivity index (χ2n) is 6.64. The van der Waals surface area contributed by atoms with Gasteiger partial charge in [0.1, 0.15) is 12.4 Å². The molecule has 0 spiro atoms. The van der Waals surface area contributed by atoms with Crippen LogP contribution >= 0.6 is 26.2 Å². The molecule has 0 amide bonds. The summed E-state index contributed by atoms with van der Waals surface area (Å²) in [5.41, 5.74) is 7.57. The fraction of sp³-hybridized carbons (Fsp3) is 0.250. The highest BCUT2D eigenvalue weighted by Crippen LogP contribution is 2.29. The molecular weight excluding hydrogens is 415 g/mol. The maximum absolute atomic E-state index is 5.77. The summed E-state index contributed by atoms with van der Waals surface area (Å²) in [5, 5.41) is 1.26. The summed E-state index contributed by atoms with van der Waals surface area (Å²) in [6.07, 6.45) is 9.41. The average molecular weight is 445 g/mol. The quantitative estimate of drug-likeness (QED) is 0.270. The van der Waals surface area contributed by atoms with Crippen molar-refractivity contribution < 1.29 is 4.74 Å². The van der Waals surface area contributed by atoms with E-state index in [1.807, 2.05) is 0 Å². The molecule has 0 aliphatic heterocycles. The highest BCUT2D eigenvalue weighted by molar-refractivity contribution is 8.93. The van der Waals surface area contributed by atoms with Gasteiger partial charge in [0, 0.05) is 0 Å². The predicted molar refractivity (Wildman–Crippen MR) is 129 cm³/mol. The summed E-state index contributed by atoms with van der Waals surface area (Å²) in [6, 6.07) is 10.6. The van der Waals surface area contributed by atoms with Gasteiger partial charge in [-0.2, -0.15) is 0 Å². The van der Waals surface area contributed by atoms with Crippen LogP contribution in [-0.2, 0) is 6.42 Å². The van der Waals surface area contributed by atoms with Gasteiger partial charge < -0.3 is 4.74 Å². The third kappa shape index (κ3) is 6.48. The van der Waals surface area contributed by atoms with Crippen LogP contribution in [-0.4, -0.2) is 6.61 Å². The molecule has 0 aliphatic carbocycles. The highest BCUT2D eigenvalue weighted by atomic mass is 79.9. The van der Waals surface area contributed by atoms with Crippen LogP contribution in [0.1, 0.15) is 34.7 Å². The molecule has 0 aromatic heterocycles. The first-order valence-corrected chi connectivity index (χ1v) is 9.54. The maximum atomic E-state index is 5.77. The second-order valence-corrected chi connectivity index (χ2v) is 7.26. The lowest BCUT2D eigenvalue weighted by atomic mass is 9.96. The van der Waals surface area contributed by atoms with Crippen molar-refractivity contribution in [1.82, 2.24) is 0 Å². The summed E-state index contributed by atoms with van der Waals surface area (Å²) in [6.45, 7) is 12.8. The number of hydrogen-bond donors (Lipinski definition) is 0. The van der Waals surface area contributed by atoms with Crippen molar-refractivity contribution in [2.75, 3.05) is 6.61 Å². The molecule has 2 aromatic carbocycles. The van der Waals surface area contributed by atoms with Crippen LogP contribution in [0.15, 0.2) is 60.7 Å². The molecule has 0 radical (unpaired) electrons. The van der Waals surface area contributed by atoms with Crippen molar-refractivity contribution in [3.8, 4) is 5.75 Å². The van der Waals surface area contributed by atoms with Crippen molar-refractivity contribution in [2.24, 2.45) is 0 Å². The molecule has 0 fully saturated rings. The molecule has 27 heavy (non-hydrogen) atoms. The van der Waals surface area contributed by atoms with Gasteiger partial charge in [-0.3, -0.25) is 0 Å². The van der Waals surface area contributed by atoms with Crippen molar-refractivity contribution >= 4 is 37.6 Å². The fourth-order valence-electron chi connectivity index (χ4n) is 2.89. The van der Waals surface area contributed by atoms with E-state index in [1.54, 1.807) is 6.08 Å². The van der Waals surface area contributed by atoms with Crippen molar-refractivity contribution in [3.05, 3.63) is 88.5 Å². The number of aryl methyl sites for hydroxylation is 1. The first-order chi connectivity index (χ1) is 12.4. The SMILES string of the molecule is Br.C=CCOc1cc(C)c(C=CC(C)=CCc2ccccc2P)c(C)c1C. The summed E-state index contributed by atoms with van der Waals surface area (Å²) in [4.78, 5) is 0. The number of halogens is 1. The molecule has 3 heteroatoms. The van der Waals surface area contributed by atoms with Crippen LogP contribution in [0.5, 0.6) is 5.75 Å². The lowest BCUT2D eigenvalue weighted by Gasteiger charge is -2.15. The zero-order valence-electron chi connectivity index (χ0n) is 16.7. The summed E-state index contributed by atoms with van der Waals surface area (Å²) < 4.78 is 5.77. The van der Waals surface area contributed by atoms with Gasteiger partial charge in [0.2, 0.25) is 0 Å². The minimum Gasteiger partial charge on any atom is -0.489 e. The number of benzene rings is 2. The molecule has 144 valence electrons. The van der Waals surface area contributed by atoms with E-state index in [9.17, 15) is 0 Å². The van der Waals surface area contributed by atoms with Gasteiger partial charge in [0.25, 0.3) is 0 Å². The third-order valence-corrected chi connectivity index (χ3v) is 5.24. The Morgan fingerprint density at radius 3 is 2.52 bits per heavy atom. The zero-order chi connectivity index (χ0) is 19.1. The highest BCUT2D eigenvalue weighted by Gasteiger charge is 2.09. The van der Waals surface area contributed by atoms with Crippen molar-refractivity contribution in [1.29, 1.82) is 0 Å². The summed E-state index contributed by atoms with van der Waals surface area (Å²) >= 11 is 0. The molecule has 2 rings (SSSR count). The Morgan fingerprint density at radius 1 is 1.15 bits per heavy atom. The van der Waals surface area contributed by atoms with E-state index < -0.39 is 0 Å². The molecule has 0 saturated heterocycles. The van der Waals surface area contributed by atoms with Crippen LogP contribution in [0.4, 0.5) is 0 Å². The smallest absolute Gasteiger partial charge is 0.123 e. The Hall–Kier alpha value is -1.63. The Labute approximate surface area is 177 Å². The first-order valence-electron chi connectivity index (χ1n) is 8.96. The molecule has 0 bridgehead atoms. The van der Waals surface area contributed by atoms with Crippen molar-refractivity contribution in [3.63, 3.8) is 0 Å². The number of ether oxygens (including phenoxy) is 1. The van der Waals surface area contributed by atoms with Gasteiger partial charge in [0.05, 0.1) is 0 Å². The number of rotatable bonds is 7. The van der Waals surface area contributed by atoms with Gasteiger partial charge in [0.15, 0.2) is 0 Å². The molecule has 0 aliphatic rings. The second kappa shape index (κ2) is 11.3. The van der Waals surface area contributed by atoms with Gasteiger partial charge in [-0.05, 0) is 73.3 Å². The van der Waals surface area contributed by atoms with Crippen LogP contribution in [0.25, 0.3) is 6.08 Å². The number of hydrogen-bond acceptors (Lipinski definition) is 1. The lowest BCUT2D eigenvalue weighted by Crippen LogP contribution is -2.00. The largest absolute Gasteiger partial charge is 0.489 e. The minimum absolute atomic E-state index is 0.